The van der Waals surface area contributed by atoms with Crippen molar-refractivity contribution in [2.24, 2.45) is 5.92 Å². The number of hydrogen-bond donors (Lipinski definition) is 1. The van der Waals surface area contributed by atoms with E-state index in [0.717, 1.165) is 21.8 Å². The number of rotatable bonds is 3. The zero-order valence-corrected chi connectivity index (χ0v) is 11.4. The van der Waals surface area contributed by atoms with Crippen LogP contribution >= 0.6 is 15.9 Å². The molecule has 1 aromatic rings. The molecule has 1 aliphatic carbocycles. The Hall–Kier alpha value is -0.700. The maximum absolute atomic E-state index is 5.28. The molecule has 1 saturated carbocycles. The summed E-state index contributed by atoms with van der Waals surface area (Å²) >= 11 is 3.46. The van der Waals surface area contributed by atoms with Crippen LogP contribution in [0, 0.1) is 5.92 Å². The van der Waals surface area contributed by atoms with Crippen molar-refractivity contribution in [3.8, 4) is 5.75 Å². The van der Waals surface area contributed by atoms with Crippen LogP contribution in [0.1, 0.15) is 26.2 Å². The van der Waals surface area contributed by atoms with Gasteiger partial charge in [-0.1, -0.05) is 6.92 Å². The van der Waals surface area contributed by atoms with Gasteiger partial charge in [-0.2, -0.15) is 0 Å². The van der Waals surface area contributed by atoms with Crippen molar-refractivity contribution < 1.29 is 4.74 Å². The average Bonchev–Trinajstić information content (AvgIpc) is 2.67. The lowest BCUT2D eigenvalue weighted by Crippen LogP contribution is -2.15. The molecular formula is C13H18BrNO. The van der Waals surface area contributed by atoms with E-state index < -0.39 is 0 Å². The lowest BCUT2D eigenvalue weighted by molar-refractivity contribution is 0.412. The van der Waals surface area contributed by atoms with E-state index in [1.54, 1.807) is 7.11 Å². The summed E-state index contributed by atoms with van der Waals surface area (Å²) in [7, 11) is 1.70. The minimum atomic E-state index is 0.626. The van der Waals surface area contributed by atoms with E-state index in [-0.39, 0.29) is 0 Å². The average molecular weight is 284 g/mol. The third-order valence-electron chi connectivity index (χ3n) is 3.22. The Kier molecular flexibility index (Phi) is 3.74. The van der Waals surface area contributed by atoms with Gasteiger partial charge in [0.1, 0.15) is 5.75 Å². The number of nitrogens with one attached hydrogen (secondary N) is 1. The summed E-state index contributed by atoms with van der Waals surface area (Å²) in [6.45, 7) is 2.32. The maximum atomic E-state index is 5.28. The van der Waals surface area contributed by atoms with E-state index >= 15 is 0 Å². The van der Waals surface area contributed by atoms with Crippen LogP contribution in [0.2, 0.25) is 0 Å². The van der Waals surface area contributed by atoms with Crippen LogP contribution < -0.4 is 10.1 Å². The van der Waals surface area contributed by atoms with Gasteiger partial charge in [0.05, 0.1) is 11.6 Å². The highest BCUT2D eigenvalue weighted by molar-refractivity contribution is 9.10. The number of ether oxygens (including phenoxy) is 1. The highest BCUT2D eigenvalue weighted by atomic mass is 79.9. The molecular weight excluding hydrogens is 266 g/mol. The predicted octanol–water partition coefficient (Wildman–Crippen LogP) is 4.06. The maximum Gasteiger partial charge on any atom is 0.135 e. The van der Waals surface area contributed by atoms with Crippen LogP contribution in [-0.2, 0) is 0 Å². The molecule has 1 aliphatic rings. The van der Waals surface area contributed by atoms with Crippen LogP contribution in [0.5, 0.6) is 5.75 Å². The lowest BCUT2D eigenvalue weighted by Gasteiger charge is -2.15. The minimum Gasteiger partial charge on any atom is -0.495 e. The molecule has 0 aliphatic heterocycles. The molecule has 2 rings (SSSR count). The van der Waals surface area contributed by atoms with Crippen LogP contribution in [0.4, 0.5) is 5.69 Å². The Bertz CT molecular complexity index is 367. The summed E-state index contributed by atoms with van der Waals surface area (Å²) in [5.74, 6) is 1.74. The summed E-state index contributed by atoms with van der Waals surface area (Å²) in [5, 5.41) is 3.57. The van der Waals surface area contributed by atoms with Gasteiger partial charge in [0.25, 0.3) is 0 Å². The monoisotopic (exact) mass is 283 g/mol. The third kappa shape index (κ3) is 2.70. The normalized spacial score (nSPS) is 24.4. The minimum absolute atomic E-state index is 0.626. The van der Waals surface area contributed by atoms with E-state index in [1.165, 1.54) is 19.3 Å². The highest BCUT2D eigenvalue weighted by Crippen LogP contribution is 2.31. The first-order valence-corrected chi connectivity index (χ1v) is 6.58. The zero-order valence-electron chi connectivity index (χ0n) is 9.79. The molecule has 2 unspecified atom stereocenters. The molecule has 2 nitrogen and oxygen atoms in total. The summed E-state index contributed by atoms with van der Waals surface area (Å²) < 4.78 is 6.28. The number of anilines is 1. The SMILES string of the molecule is COc1cc(NC2CCC(C)C2)ccc1Br. The topological polar surface area (TPSA) is 21.3 Å². The third-order valence-corrected chi connectivity index (χ3v) is 3.87. The van der Waals surface area contributed by atoms with Crippen molar-refractivity contribution in [3.05, 3.63) is 22.7 Å². The van der Waals surface area contributed by atoms with Gasteiger partial charge in [0.2, 0.25) is 0 Å². The molecule has 1 N–H and O–H groups in total. The van der Waals surface area contributed by atoms with Gasteiger partial charge in [-0.25, -0.2) is 0 Å². The van der Waals surface area contributed by atoms with Crippen molar-refractivity contribution in [2.75, 3.05) is 12.4 Å². The lowest BCUT2D eigenvalue weighted by atomic mass is 10.1. The number of benzene rings is 1. The van der Waals surface area contributed by atoms with E-state index in [0.29, 0.717) is 6.04 Å². The molecule has 88 valence electrons. The zero-order chi connectivity index (χ0) is 11.5. The van der Waals surface area contributed by atoms with Gasteiger partial charge < -0.3 is 10.1 Å². The van der Waals surface area contributed by atoms with Crippen molar-refractivity contribution in [2.45, 2.75) is 32.2 Å². The summed E-state index contributed by atoms with van der Waals surface area (Å²) in [6.07, 6.45) is 3.89. The first-order valence-electron chi connectivity index (χ1n) is 5.79. The quantitative estimate of drug-likeness (QED) is 0.903. The molecule has 1 aromatic carbocycles. The molecule has 0 radical (unpaired) electrons. The smallest absolute Gasteiger partial charge is 0.135 e. The second kappa shape index (κ2) is 5.09. The highest BCUT2D eigenvalue weighted by Gasteiger charge is 2.20. The molecule has 0 saturated heterocycles. The van der Waals surface area contributed by atoms with Gasteiger partial charge in [0, 0.05) is 17.8 Å². The molecule has 2 atom stereocenters. The Balaban J connectivity index is 2.04. The Morgan fingerprint density at radius 3 is 2.81 bits per heavy atom. The second-order valence-corrected chi connectivity index (χ2v) is 5.46. The largest absolute Gasteiger partial charge is 0.495 e. The molecule has 3 heteroatoms. The van der Waals surface area contributed by atoms with Crippen molar-refractivity contribution in [1.29, 1.82) is 0 Å². The molecule has 0 heterocycles. The predicted molar refractivity (Wildman–Crippen MR) is 71.1 cm³/mol. The number of methoxy groups -OCH3 is 1. The van der Waals surface area contributed by atoms with E-state index in [4.69, 9.17) is 4.74 Å². The van der Waals surface area contributed by atoms with Crippen LogP contribution in [0.25, 0.3) is 0 Å². The first-order chi connectivity index (χ1) is 7.69. The van der Waals surface area contributed by atoms with Gasteiger partial charge in [-0.3, -0.25) is 0 Å². The second-order valence-electron chi connectivity index (χ2n) is 4.61. The number of hydrogen-bond acceptors (Lipinski definition) is 2. The van der Waals surface area contributed by atoms with E-state index in [1.807, 2.05) is 12.1 Å². The Morgan fingerprint density at radius 2 is 2.19 bits per heavy atom. The standard InChI is InChI=1S/C13H18BrNO/c1-9-3-4-10(7-9)15-11-5-6-12(14)13(8-11)16-2/h5-6,8-10,15H,3-4,7H2,1-2H3. The fourth-order valence-corrected chi connectivity index (χ4v) is 2.73. The molecule has 1 fully saturated rings. The van der Waals surface area contributed by atoms with Crippen molar-refractivity contribution >= 4 is 21.6 Å². The van der Waals surface area contributed by atoms with Gasteiger partial charge >= 0.3 is 0 Å². The van der Waals surface area contributed by atoms with Crippen LogP contribution in [-0.4, -0.2) is 13.2 Å². The fraction of sp³-hybridized carbons (Fsp3) is 0.538. The molecule has 0 amide bonds. The molecule has 16 heavy (non-hydrogen) atoms. The van der Waals surface area contributed by atoms with Gasteiger partial charge in [-0.15, -0.1) is 0 Å². The van der Waals surface area contributed by atoms with Gasteiger partial charge in [-0.05, 0) is 53.2 Å². The summed E-state index contributed by atoms with van der Waals surface area (Å²) in [4.78, 5) is 0. The van der Waals surface area contributed by atoms with Gasteiger partial charge in [0.15, 0.2) is 0 Å². The van der Waals surface area contributed by atoms with E-state index in [2.05, 4.69) is 34.2 Å². The Labute approximate surface area is 106 Å². The summed E-state index contributed by atoms with van der Waals surface area (Å²) in [5.41, 5.74) is 1.15. The van der Waals surface area contributed by atoms with Crippen molar-refractivity contribution in [1.82, 2.24) is 0 Å². The summed E-state index contributed by atoms with van der Waals surface area (Å²) in [6, 6.07) is 6.79. The number of halogens is 1. The molecule has 0 aromatic heterocycles. The Morgan fingerprint density at radius 1 is 1.38 bits per heavy atom. The van der Waals surface area contributed by atoms with E-state index in [9.17, 15) is 0 Å². The molecule has 0 spiro atoms. The first kappa shape index (κ1) is 11.8. The van der Waals surface area contributed by atoms with Crippen molar-refractivity contribution in [3.63, 3.8) is 0 Å². The van der Waals surface area contributed by atoms with Crippen LogP contribution in [0.3, 0.4) is 0 Å². The molecule has 0 bridgehead atoms. The van der Waals surface area contributed by atoms with Crippen LogP contribution in [0.15, 0.2) is 22.7 Å². The fourth-order valence-electron chi connectivity index (χ4n) is 2.32.